The molecule has 3 nitrogen and oxygen atoms in total. The van der Waals surface area contributed by atoms with Crippen molar-refractivity contribution in [3.8, 4) is 0 Å². The van der Waals surface area contributed by atoms with Crippen LogP contribution in [0, 0.1) is 13.8 Å². The van der Waals surface area contributed by atoms with Crippen molar-refractivity contribution < 1.29 is 9.53 Å². The van der Waals surface area contributed by atoms with Gasteiger partial charge in [0.25, 0.3) is 0 Å². The van der Waals surface area contributed by atoms with Gasteiger partial charge in [0, 0.05) is 24.7 Å². The Morgan fingerprint density at radius 1 is 1.37 bits per heavy atom. The summed E-state index contributed by atoms with van der Waals surface area (Å²) in [6, 6.07) is 6.34. The summed E-state index contributed by atoms with van der Waals surface area (Å²) in [4.78, 5) is 14.9. The van der Waals surface area contributed by atoms with Crippen molar-refractivity contribution in [3.63, 3.8) is 0 Å². The molecular weight excluding hydrogens is 238 g/mol. The number of carbonyl (C=O) groups excluding carboxylic acids is 1. The van der Waals surface area contributed by atoms with Gasteiger partial charge in [-0.2, -0.15) is 0 Å². The number of aryl methyl sites for hydroxylation is 1. The van der Waals surface area contributed by atoms with Crippen LogP contribution in [-0.4, -0.2) is 42.5 Å². The first kappa shape index (κ1) is 14.2. The molecule has 1 unspecified atom stereocenters. The van der Waals surface area contributed by atoms with Crippen molar-refractivity contribution in [3.05, 3.63) is 34.9 Å². The maximum atomic E-state index is 12.6. The van der Waals surface area contributed by atoms with Gasteiger partial charge >= 0.3 is 0 Å². The third kappa shape index (κ3) is 3.04. The lowest BCUT2D eigenvalue weighted by molar-refractivity contribution is -0.0256. The fourth-order valence-electron chi connectivity index (χ4n) is 2.49. The summed E-state index contributed by atoms with van der Waals surface area (Å²) in [6.45, 7) is 10.6. The predicted molar refractivity (Wildman–Crippen MR) is 76.7 cm³/mol. The summed E-state index contributed by atoms with van der Waals surface area (Å²) in [5.41, 5.74) is 3.02. The Labute approximate surface area is 115 Å². The van der Waals surface area contributed by atoms with Gasteiger partial charge in [-0.3, -0.25) is 9.69 Å². The number of Topliss-reactive ketones (excluding diaryl/α,β-unsaturated/α-hetero) is 1. The van der Waals surface area contributed by atoms with Gasteiger partial charge in [0.15, 0.2) is 5.78 Å². The van der Waals surface area contributed by atoms with Crippen molar-refractivity contribution >= 4 is 5.78 Å². The maximum Gasteiger partial charge on any atom is 0.193 e. The Bertz CT molecular complexity index is 468. The molecule has 0 aromatic heterocycles. The number of hydrogen-bond acceptors (Lipinski definition) is 3. The third-order valence-corrected chi connectivity index (χ3v) is 3.99. The van der Waals surface area contributed by atoms with E-state index < -0.39 is 0 Å². The molecule has 0 spiro atoms. The van der Waals surface area contributed by atoms with Crippen LogP contribution < -0.4 is 0 Å². The highest BCUT2D eigenvalue weighted by molar-refractivity contribution is 6.01. The van der Waals surface area contributed by atoms with Crippen LogP contribution >= 0.6 is 0 Å². The number of ketones is 1. The molecular formula is C16H23NO2. The van der Waals surface area contributed by atoms with Crippen LogP contribution in [0.5, 0.6) is 0 Å². The summed E-state index contributed by atoms with van der Waals surface area (Å²) in [6.07, 6.45) is -0.323. The molecule has 0 radical (unpaired) electrons. The monoisotopic (exact) mass is 261 g/mol. The molecule has 1 atom stereocenters. The second-order valence-electron chi connectivity index (χ2n) is 5.56. The van der Waals surface area contributed by atoms with E-state index in [9.17, 15) is 4.79 Å². The normalized spacial score (nSPS) is 20.8. The molecule has 2 rings (SSSR count). The van der Waals surface area contributed by atoms with Crippen molar-refractivity contribution in [1.29, 1.82) is 0 Å². The van der Waals surface area contributed by atoms with E-state index in [0.29, 0.717) is 19.2 Å². The number of ether oxygens (including phenoxy) is 1. The molecule has 1 aliphatic rings. The molecule has 3 heteroatoms. The van der Waals surface area contributed by atoms with Crippen molar-refractivity contribution in [2.24, 2.45) is 0 Å². The van der Waals surface area contributed by atoms with Crippen LogP contribution in [0.4, 0.5) is 0 Å². The molecule has 104 valence electrons. The smallest absolute Gasteiger partial charge is 0.193 e. The van der Waals surface area contributed by atoms with Crippen LogP contribution in [0.1, 0.15) is 35.3 Å². The molecule has 0 aliphatic carbocycles. The van der Waals surface area contributed by atoms with Crippen LogP contribution in [0.2, 0.25) is 0 Å². The lowest BCUT2D eigenvalue weighted by atomic mass is 9.96. The van der Waals surface area contributed by atoms with Crippen LogP contribution in [0.25, 0.3) is 0 Å². The maximum absolute atomic E-state index is 12.6. The van der Waals surface area contributed by atoms with Gasteiger partial charge in [-0.25, -0.2) is 0 Å². The van der Waals surface area contributed by atoms with E-state index in [-0.39, 0.29) is 11.9 Å². The van der Waals surface area contributed by atoms with Crippen LogP contribution in [0.15, 0.2) is 18.2 Å². The summed E-state index contributed by atoms with van der Waals surface area (Å²) in [5.74, 6) is 0.117. The van der Waals surface area contributed by atoms with Gasteiger partial charge < -0.3 is 4.74 Å². The van der Waals surface area contributed by atoms with E-state index in [0.717, 1.165) is 23.2 Å². The standard InChI is InChI=1S/C16H23NO2/c1-11(2)17-8-9-19-15(10-17)16(18)14-7-5-6-12(3)13(14)4/h5-7,11,15H,8-10H2,1-4H3. The first-order valence-corrected chi connectivity index (χ1v) is 6.96. The minimum atomic E-state index is -0.323. The SMILES string of the molecule is Cc1cccc(C(=O)C2CN(C(C)C)CCO2)c1C. The molecule has 1 heterocycles. The fraction of sp³-hybridized carbons (Fsp3) is 0.562. The first-order valence-electron chi connectivity index (χ1n) is 6.96. The number of hydrogen-bond donors (Lipinski definition) is 0. The Kier molecular flexibility index (Phi) is 4.38. The molecule has 1 fully saturated rings. The molecule has 19 heavy (non-hydrogen) atoms. The lowest BCUT2D eigenvalue weighted by Gasteiger charge is -2.35. The molecule has 0 N–H and O–H groups in total. The number of rotatable bonds is 3. The number of carbonyl (C=O) groups is 1. The topological polar surface area (TPSA) is 29.5 Å². The number of benzene rings is 1. The Morgan fingerprint density at radius 2 is 2.11 bits per heavy atom. The minimum absolute atomic E-state index is 0.117. The second-order valence-corrected chi connectivity index (χ2v) is 5.56. The highest BCUT2D eigenvalue weighted by Gasteiger charge is 2.29. The van der Waals surface area contributed by atoms with E-state index in [1.54, 1.807) is 0 Å². The molecule has 1 saturated heterocycles. The van der Waals surface area contributed by atoms with Crippen LogP contribution in [0.3, 0.4) is 0 Å². The lowest BCUT2D eigenvalue weighted by Crippen LogP contribution is -2.48. The average Bonchev–Trinajstić information content (AvgIpc) is 2.41. The molecule has 1 aromatic rings. The first-order chi connectivity index (χ1) is 9.00. The molecule has 1 aromatic carbocycles. The van der Waals surface area contributed by atoms with E-state index in [1.807, 2.05) is 32.0 Å². The van der Waals surface area contributed by atoms with Crippen molar-refractivity contribution in [2.45, 2.75) is 39.8 Å². The zero-order chi connectivity index (χ0) is 14.0. The van der Waals surface area contributed by atoms with Crippen molar-refractivity contribution in [2.75, 3.05) is 19.7 Å². The van der Waals surface area contributed by atoms with Crippen molar-refractivity contribution in [1.82, 2.24) is 4.90 Å². The minimum Gasteiger partial charge on any atom is -0.367 e. The molecule has 0 saturated carbocycles. The summed E-state index contributed by atoms with van der Waals surface area (Å²) < 4.78 is 5.68. The molecule has 1 aliphatic heterocycles. The van der Waals surface area contributed by atoms with Gasteiger partial charge in [0.2, 0.25) is 0 Å². The van der Waals surface area contributed by atoms with E-state index >= 15 is 0 Å². The van der Waals surface area contributed by atoms with Gasteiger partial charge in [0.1, 0.15) is 6.10 Å². The summed E-state index contributed by atoms with van der Waals surface area (Å²) in [5, 5.41) is 0. The predicted octanol–water partition coefficient (Wildman–Crippen LogP) is 2.60. The zero-order valence-electron chi connectivity index (χ0n) is 12.3. The molecule has 0 amide bonds. The van der Waals surface area contributed by atoms with Gasteiger partial charge in [-0.1, -0.05) is 18.2 Å². The van der Waals surface area contributed by atoms with Gasteiger partial charge in [-0.15, -0.1) is 0 Å². The quantitative estimate of drug-likeness (QED) is 0.783. The van der Waals surface area contributed by atoms with E-state index in [1.165, 1.54) is 0 Å². The largest absolute Gasteiger partial charge is 0.367 e. The van der Waals surface area contributed by atoms with E-state index in [2.05, 4.69) is 18.7 Å². The zero-order valence-corrected chi connectivity index (χ0v) is 12.3. The average molecular weight is 261 g/mol. The summed E-state index contributed by atoms with van der Waals surface area (Å²) >= 11 is 0. The Balaban J connectivity index is 2.17. The van der Waals surface area contributed by atoms with Gasteiger partial charge in [-0.05, 0) is 38.8 Å². The Morgan fingerprint density at radius 3 is 2.79 bits per heavy atom. The highest BCUT2D eigenvalue weighted by atomic mass is 16.5. The Hall–Kier alpha value is -1.19. The fourth-order valence-corrected chi connectivity index (χ4v) is 2.49. The third-order valence-electron chi connectivity index (χ3n) is 3.99. The van der Waals surface area contributed by atoms with Crippen LogP contribution in [-0.2, 0) is 4.74 Å². The summed E-state index contributed by atoms with van der Waals surface area (Å²) in [7, 11) is 0. The highest BCUT2D eigenvalue weighted by Crippen LogP contribution is 2.18. The number of morpholine rings is 1. The second kappa shape index (κ2) is 5.85. The molecule has 0 bridgehead atoms. The number of nitrogens with zero attached hydrogens (tertiary/aromatic N) is 1. The van der Waals surface area contributed by atoms with E-state index in [4.69, 9.17) is 4.74 Å². The van der Waals surface area contributed by atoms with Gasteiger partial charge in [0.05, 0.1) is 6.61 Å².